The Labute approximate surface area is 203 Å². The summed E-state index contributed by atoms with van der Waals surface area (Å²) in [7, 11) is 0. The molecule has 0 bridgehead atoms. The van der Waals surface area contributed by atoms with Gasteiger partial charge in [-0.3, -0.25) is 0 Å². The first-order chi connectivity index (χ1) is 15.6. The average Bonchev–Trinajstić information content (AvgIpc) is 3.34. The van der Waals surface area contributed by atoms with E-state index in [-0.39, 0.29) is 16.5 Å². The lowest BCUT2D eigenvalue weighted by atomic mass is 9.83. The number of hydrogen-bond donors (Lipinski definition) is 1. The molecule has 9 heteroatoms. The highest BCUT2D eigenvalue weighted by molar-refractivity contribution is 8.02. The summed E-state index contributed by atoms with van der Waals surface area (Å²) in [4.78, 5) is 17.0. The van der Waals surface area contributed by atoms with Crippen molar-refractivity contribution in [1.29, 1.82) is 0 Å². The van der Waals surface area contributed by atoms with E-state index in [0.29, 0.717) is 16.3 Å². The Morgan fingerprint density at radius 2 is 2.03 bits per heavy atom. The number of thiazole rings is 1. The maximum absolute atomic E-state index is 14.3. The Kier molecular flexibility index (Phi) is 6.87. The minimum absolute atomic E-state index is 0.0915. The molecule has 178 valence electrons. The zero-order chi connectivity index (χ0) is 23.8. The minimum atomic E-state index is -1.24. The summed E-state index contributed by atoms with van der Waals surface area (Å²) in [6.45, 7) is 12.2. The number of benzene rings is 1. The van der Waals surface area contributed by atoms with Gasteiger partial charge in [-0.2, -0.15) is 0 Å². The number of thioether (sulfide) groups is 1. The largest absolute Gasteiger partial charge is 0.395 e. The van der Waals surface area contributed by atoms with Crippen molar-refractivity contribution in [2.24, 2.45) is 5.41 Å². The van der Waals surface area contributed by atoms with Crippen LogP contribution in [0.25, 0.3) is 5.57 Å². The van der Waals surface area contributed by atoms with Gasteiger partial charge in [-0.25, -0.2) is 19.2 Å². The van der Waals surface area contributed by atoms with Crippen LogP contribution in [-0.4, -0.2) is 44.3 Å². The van der Waals surface area contributed by atoms with Crippen molar-refractivity contribution in [2.75, 3.05) is 13.1 Å². The lowest BCUT2D eigenvalue weighted by Gasteiger charge is -2.47. The van der Waals surface area contributed by atoms with E-state index in [1.807, 2.05) is 18.1 Å². The summed E-state index contributed by atoms with van der Waals surface area (Å²) >= 11 is 2.77. The van der Waals surface area contributed by atoms with Crippen molar-refractivity contribution in [3.8, 4) is 5.19 Å². The summed E-state index contributed by atoms with van der Waals surface area (Å²) < 4.78 is 20.2. The monoisotopic (exact) mass is 490 g/mol. The molecule has 0 amide bonds. The normalized spacial score (nSPS) is 23.7. The highest BCUT2D eigenvalue weighted by Gasteiger charge is 2.58. The van der Waals surface area contributed by atoms with Crippen molar-refractivity contribution in [2.45, 2.75) is 57.6 Å². The zero-order valence-corrected chi connectivity index (χ0v) is 21.4. The smallest absolute Gasteiger partial charge is 0.352 e. The third kappa shape index (κ3) is 4.82. The lowest BCUT2D eigenvalue weighted by Crippen LogP contribution is -2.64. The SMILES string of the molecule is CC1=C(c2cccc(F)c2)C(SC(C)C)(C(=O)Oc2nccs2)N(N2CCC(C)(C)CC2)N1. The first-order valence-corrected chi connectivity index (χ1v) is 13.0. The molecule has 1 aromatic carbocycles. The molecule has 1 atom stereocenters. The standard InChI is InChI=1S/C24H31FN4O2S2/c1-16(2)33-24(21(30)31-22-26-11-14-32-22)20(18-7-6-8-19(25)15-18)17(3)27-29(24)28-12-9-23(4,5)10-13-28/h6-8,11,14-16,27H,9-10,12-13H2,1-5H3. The van der Waals surface area contributed by atoms with Crippen molar-refractivity contribution in [3.63, 3.8) is 0 Å². The Morgan fingerprint density at radius 3 is 2.64 bits per heavy atom. The van der Waals surface area contributed by atoms with Gasteiger partial charge in [-0.05, 0) is 42.9 Å². The number of rotatable bonds is 6. The second kappa shape index (κ2) is 9.37. The zero-order valence-electron chi connectivity index (χ0n) is 19.7. The van der Waals surface area contributed by atoms with E-state index in [9.17, 15) is 9.18 Å². The second-order valence-corrected chi connectivity index (χ2v) is 12.2. The van der Waals surface area contributed by atoms with Crippen LogP contribution in [-0.2, 0) is 4.79 Å². The molecular weight excluding hydrogens is 459 g/mol. The van der Waals surface area contributed by atoms with Gasteiger partial charge in [0, 0.05) is 41.2 Å². The first kappa shape index (κ1) is 24.2. The molecule has 6 nitrogen and oxygen atoms in total. The molecule has 1 aromatic heterocycles. The summed E-state index contributed by atoms with van der Waals surface area (Å²) in [6, 6.07) is 6.42. The fraction of sp³-hybridized carbons (Fsp3) is 0.500. The van der Waals surface area contributed by atoms with E-state index in [4.69, 9.17) is 4.74 Å². The molecule has 4 rings (SSSR count). The molecule has 0 saturated carbocycles. The highest BCUT2D eigenvalue weighted by Crippen LogP contribution is 2.50. The van der Waals surface area contributed by atoms with Crippen molar-refractivity contribution in [1.82, 2.24) is 20.5 Å². The number of hydrazine groups is 2. The third-order valence-electron chi connectivity index (χ3n) is 6.05. The van der Waals surface area contributed by atoms with Gasteiger partial charge in [0.05, 0.1) is 0 Å². The van der Waals surface area contributed by atoms with Gasteiger partial charge in [0.15, 0.2) is 0 Å². The Hall–Kier alpha value is -1.94. The van der Waals surface area contributed by atoms with Crippen LogP contribution in [0.5, 0.6) is 5.19 Å². The number of esters is 1. The molecule has 1 unspecified atom stereocenters. The highest BCUT2D eigenvalue weighted by atomic mass is 32.2. The molecule has 1 fully saturated rings. The Balaban J connectivity index is 1.83. The average molecular weight is 491 g/mol. The van der Waals surface area contributed by atoms with Gasteiger partial charge < -0.3 is 10.2 Å². The Bertz CT molecular complexity index is 1030. The molecule has 2 aliphatic rings. The number of nitrogens with zero attached hydrogens (tertiary/aromatic N) is 3. The number of ether oxygens (including phenoxy) is 1. The summed E-state index contributed by atoms with van der Waals surface area (Å²) in [5, 5.41) is 6.29. The van der Waals surface area contributed by atoms with Crippen LogP contribution in [0.1, 0.15) is 53.0 Å². The van der Waals surface area contributed by atoms with Crippen LogP contribution in [0.15, 0.2) is 41.5 Å². The van der Waals surface area contributed by atoms with E-state index < -0.39 is 10.8 Å². The minimum Gasteiger partial charge on any atom is -0.395 e. The van der Waals surface area contributed by atoms with Gasteiger partial charge in [0.1, 0.15) is 5.82 Å². The molecule has 2 aromatic rings. The molecule has 0 aliphatic carbocycles. The molecule has 33 heavy (non-hydrogen) atoms. The molecule has 0 radical (unpaired) electrons. The maximum atomic E-state index is 14.3. The Morgan fingerprint density at radius 1 is 1.30 bits per heavy atom. The lowest BCUT2D eigenvalue weighted by molar-refractivity contribution is -0.157. The van der Waals surface area contributed by atoms with Gasteiger partial charge in [0.2, 0.25) is 4.87 Å². The van der Waals surface area contributed by atoms with Crippen LogP contribution in [0.4, 0.5) is 4.39 Å². The number of carbonyl (C=O) groups is 1. The predicted octanol–water partition coefficient (Wildman–Crippen LogP) is 5.31. The van der Waals surface area contributed by atoms with E-state index in [1.54, 1.807) is 17.6 Å². The first-order valence-electron chi connectivity index (χ1n) is 11.2. The number of nitrogens with one attached hydrogen (secondary N) is 1. The number of piperidine rings is 1. The predicted molar refractivity (Wildman–Crippen MR) is 132 cm³/mol. The maximum Gasteiger partial charge on any atom is 0.352 e. The number of allylic oxidation sites excluding steroid dienone is 1. The molecular formula is C24H31FN4O2S2. The summed E-state index contributed by atoms with van der Waals surface area (Å²) in [5.74, 6) is -0.785. The number of carbonyl (C=O) groups excluding carboxylic acids is 1. The van der Waals surface area contributed by atoms with Gasteiger partial charge in [-0.15, -0.1) is 16.9 Å². The van der Waals surface area contributed by atoms with E-state index in [1.165, 1.54) is 35.2 Å². The topological polar surface area (TPSA) is 57.7 Å². The fourth-order valence-electron chi connectivity index (χ4n) is 4.38. The van der Waals surface area contributed by atoms with E-state index >= 15 is 0 Å². The molecule has 1 saturated heterocycles. The molecule has 1 N–H and O–H groups in total. The quantitative estimate of drug-likeness (QED) is 0.551. The van der Waals surface area contributed by atoms with Crippen LogP contribution in [0.2, 0.25) is 0 Å². The molecule has 2 aliphatic heterocycles. The van der Waals surface area contributed by atoms with Crippen LogP contribution in [0, 0.1) is 11.2 Å². The van der Waals surface area contributed by atoms with Gasteiger partial charge in [0.25, 0.3) is 5.19 Å². The number of halogens is 1. The van der Waals surface area contributed by atoms with Crippen molar-refractivity contribution < 1.29 is 13.9 Å². The fourth-order valence-corrected chi connectivity index (χ4v) is 6.33. The van der Waals surface area contributed by atoms with E-state index in [2.05, 4.69) is 43.1 Å². The number of aromatic nitrogens is 1. The number of hydrogen-bond acceptors (Lipinski definition) is 8. The molecule has 0 spiro atoms. The van der Waals surface area contributed by atoms with Gasteiger partial charge >= 0.3 is 5.97 Å². The van der Waals surface area contributed by atoms with E-state index in [0.717, 1.165) is 31.6 Å². The molecule has 3 heterocycles. The van der Waals surface area contributed by atoms with Crippen LogP contribution < -0.4 is 10.2 Å². The third-order valence-corrected chi connectivity index (χ3v) is 8.05. The van der Waals surface area contributed by atoms with Gasteiger partial charge in [-0.1, -0.05) is 51.2 Å². The van der Waals surface area contributed by atoms with Crippen molar-refractivity contribution in [3.05, 3.63) is 52.9 Å². The van der Waals surface area contributed by atoms with Crippen LogP contribution >= 0.6 is 23.1 Å². The summed E-state index contributed by atoms with van der Waals surface area (Å²) in [5.41, 5.74) is 5.87. The summed E-state index contributed by atoms with van der Waals surface area (Å²) in [6.07, 6.45) is 3.62. The van der Waals surface area contributed by atoms with Crippen molar-refractivity contribution >= 4 is 34.6 Å². The van der Waals surface area contributed by atoms with Crippen LogP contribution in [0.3, 0.4) is 0 Å². The second-order valence-electron chi connectivity index (χ2n) is 9.55.